The van der Waals surface area contributed by atoms with Gasteiger partial charge >= 0.3 is 11.6 Å². The monoisotopic (exact) mass is 513 g/mol. The highest BCUT2D eigenvalue weighted by molar-refractivity contribution is 7.95. The number of nitrogens with two attached hydrogens (primary N) is 1. The molecule has 4 rings (SSSR count). The van der Waals surface area contributed by atoms with E-state index >= 15 is 0 Å². The Labute approximate surface area is 196 Å². The summed E-state index contributed by atoms with van der Waals surface area (Å²) >= 11 is 0.512. The van der Waals surface area contributed by atoms with Crippen LogP contribution in [0.5, 0.6) is 0 Å². The number of carbonyl (C=O) groups excluding carboxylic acids is 3. The first-order valence-corrected chi connectivity index (χ1v) is 12.3. The molecule has 12 nitrogen and oxygen atoms in total. The molecule has 14 heteroatoms. The molecule has 34 heavy (non-hydrogen) atoms. The molecule has 2 aromatic rings. The van der Waals surface area contributed by atoms with Gasteiger partial charge in [-0.3, -0.25) is 18.9 Å². The van der Waals surface area contributed by atoms with Gasteiger partial charge in [0.25, 0.3) is 10.1 Å². The molecule has 1 heterocycles. The van der Waals surface area contributed by atoms with Crippen LogP contribution in [0.4, 0.5) is 5.69 Å². The molecule has 4 N–H and O–H groups in total. The van der Waals surface area contributed by atoms with Crippen LogP contribution in [0, 0.1) is 0 Å². The first-order valence-electron chi connectivity index (χ1n) is 10.1. The van der Waals surface area contributed by atoms with Crippen LogP contribution in [-0.4, -0.2) is 47.1 Å². The van der Waals surface area contributed by atoms with Gasteiger partial charge in [0.2, 0.25) is 6.10 Å². The van der Waals surface area contributed by atoms with E-state index in [1.807, 2.05) is 0 Å². The van der Waals surface area contributed by atoms with Crippen LogP contribution < -0.4 is 11.4 Å². The Balaban J connectivity index is 1.74. The maximum atomic E-state index is 12.6. The second-order valence-corrected chi connectivity index (χ2v) is 10.3. The van der Waals surface area contributed by atoms with Crippen molar-refractivity contribution in [3.63, 3.8) is 0 Å². The van der Waals surface area contributed by atoms with Crippen LogP contribution in [0.1, 0.15) is 42.7 Å². The topological polar surface area (TPSA) is 200 Å². The highest BCUT2D eigenvalue weighted by atomic mass is 32.2. The van der Waals surface area contributed by atoms with Crippen molar-refractivity contribution in [3.05, 3.63) is 33.7 Å². The SMILES string of the molecule is Nc1ccc2c3c(c(=O)oc2c1S(=O)(=O)O)CCC3C(CC(=O)OC1C(=O)CCC1=O)SOO. The molecule has 2 unspecified atom stereocenters. The molecule has 2 atom stereocenters. The molecule has 0 spiro atoms. The Bertz CT molecular complexity index is 1350. The van der Waals surface area contributed by atoms with Crippen molar-refractivity contribution in [3.8, 4) is 0 Å². The van der Waals surface area contributed by atoms with E-state index in [0.29, 0.717) is 24.0 Å². The summed E-state index contributed by atoms with van der Waals surface area (Å²) in [6, 6.07) is 2.66. The fourth-order valence-electron chi connectivity index (χ4n) is 4.52. The zero-order valence-electron chi connectivity index (χ0n) is 17.4. The normalized spacial score (nSPS) is 19.5. The van der Waals surface area contributed by atoms with Gasteiger partial charge in [0.1, 0.15) is 0 Å². The predicted molar refractivity (Wildman–Crippen MR) is 117 cm³/mol. The average molecular weight is 514 g/mol. The summed E-state index contributed by atoms with van der Waals surface area (Å²) in [5, 5.41) is 8.41. The van der Waals surface area contributed by atoms with Crippen LogP contribution in [0.15, 0.2) is 26.2 Å². The summed E-state index contributed by atoms with van der Waals surface area (Å²) < 4.78 is 47.9. The highest BCUT2D eigenvalue weighted by Crippen LogP contribution is 2.45. The Morgan fingerprint density at radius 1 is 1.21 bits per heavy atom. The molecule has 2 aliphatic rings. The van der Waals surface area contributed by atoms with Crippen molar-refractivity contribution in [2.75, 3.05) is 5.73 Å². The van der Waals surface area contributed by atoms with Crippen LogP contribution in [-0.2, 0) is 40.0 Å². The predicted octanol–water partition coefficient (Wildman–Crippen LogP) is 1.39. The van der Waals surface area contributed by atoms with Gasteiger partial charge in [-0.15, -0.1) is 0 Å². The summed E-state index contributed by atoms with van der Waals surface area (Å²) in [5.41, 5.74) is 4.70. The molecule has 1 saturated carbocycles. The van der Waals surface area contributed by atoms with Crippen LogP contribution in [0.2, 0.25) is 0 Å². The minimum Gasteiger partial charge on any atom is -0.446 e. The number of ketones is 2. The van der Waals surface area contributed by atoms with Gasteiger partial charge in [-0.05, 0) is 30.5 Å². The Morgan fingerprint density at radius 3 is 2.50 bits per heavy atom. The lowest BCUT2D eigenvalue weighted by molar-refractivity contribution is -0.157. The summed E-state index contributed by atoms with van der Waals surface area (Å²) in [6.45, 7) is 0. The van der Waals surface area contributed by atoms with Crippen LogP contribution >= 0.6 is 12.0 Å². The van der Waals surface area contributed by atoms with E-state index in [1.54, 1.807) is 0 Å². The largest absolute Gasteiger partial charge is 0.446 e. The number of rotatable bonds is 7. The van der Waals surface area contributed by atoms with Crippen LogP contribution in [0.25, 0.3) is 11.0 Å². The Kier molecular flexibility index (Phi) is 6.52. The van der Waals surface area contributed by atoms with E-state index in [4.69, 9.17) is 20.1 Å². The van der Waals surface area contributed by atoms with Gasteiger partial charge in [-0.25, -0.2) is 10.1 Å². The van der Waals surface area contributed by atoms with Crippen LogP contribution in [0.3, 0.4) is 0 Å². The number of nitrogen functional groups attached to an aromatic ring is 1. The third kappa shape index (κ3) is 4.34. The second kappa shape index (κ2) is 9.11. The number of fused-ring (bicyclic) bond motifs is 3. The standard InChI is InChI=1S/C20H19NO11S2/c21-11-4-3-9-16-8(1-2-10(16)20(25)31-17(9)19(11)34(27,28)29)14(33-32-26)7-15(24)30-18-12(22)5-6-13(18)23/h3-4,8,14,18,26H,1-2,5-7,21H2,(H,27,28,29). The molecular weight excluding hydrogens is 494 g/mol. The van der Waals surface area contributed by atoms with E-state index in [-0.39, 0.29) is 35.9 Å². The second-order valence-electron chi connectivity index (χ2n) is 7.98. The molecule has 0 aliphatic heterocycles. The molecule has 0 bridgehead atoms. The quantitative estimate of drug-likeness (QED) is 0.0701. The van der Waals surface area contributed by atoms with E-state index in [1.165, 1.54) is 12.1 Å². The third-order valence-corrected chi connectivity index (χ3v) is 7.73. The zero-order chi connectivity index (χ0) is 24.8. The molecule has 0 amide bonds. The molecule has 1 aromatic carbocycles. The fraction of sp³-hybridized carbons (Fsp3) is 0.400. The van der Waals surface area contributed by atoms with Gasteiger partial charge in [-0.2, -0.15) is 12.8 Å². The first-order chi connectivity index (χ1) is 16.0. The number of Topliss-reactive ketones (excluding diaryl/α,β-unsaturated/α-hetero) is 2. The lowest BCUT2D eigenvalue weighted by Crippen LogP contribution is -2.30. The molecule has 1 aromatic heterocycles. The van der Waals surface area contributed by atoms with Crippen molar-refractivity contribution in [1.82, 2.24) is 0 Å². The number of anilines is 1. The maximum absolute atomic E-state index is 12.6. The van der Waals surface area contributed by atoms with E-state index < -0.39 is 67.5 Å². The minimum atomic E-state index is -4.85. The third-order valence-electron chi connectivity index (χ3n) is 5.97. The summed E-state index contributed by atoms with van der Waals surface area (Å²) in [5.74, 6) is -2.50. The molecule has 1 fully saturated rings. The van der Waals surface area contributed by atoms with Crippen molar-refractivity contribution < 1.29 is 46.1 Å². The maximum Gasteiger partial charge on any atom is 0.339 e. The van der Waals surface area contributed by atoms with Gasteiger partial charge in [0.15, 0.2) is 22.0 Å². The summed E-state index contributed by atoms with van der Waals surface area (Å²) in [6.07, 6.45) is -1.34. The number of hydrogen-bond acceptors (Lipinski definition) is 12. The molecule has 2 aliphatic carbocycles. The number of benzene rings is 1. The summed E-state index contributed by atoms with van der Waals surface area (Å²) in [7, 11) is -4.85. The van der Waals surface area contributed by atoms with Gasteiger partial charge < -0.3 is 14.9 Å². The number of esters is 1. The van der Waals surface area contributed by atoms with E-state index in [2.05, 4.69) is 4.33 Å². The highest BCUT2D eigenvalue weighted by Gasteiger charge is 2.40. The number of carbonyl (C=O) groups is 3. The molecule has 182 valence electrons. The Hall–Kier alpha value is -2.78. The first kappa shape index (κ1) is 24.3. The Morgan fingerprint density at radius 2 is 1.88 bits per heavy atom. The number of hydrogen-bond donors (Lipinski definition) is 3. The van der Waals surface area contributed by atoms with E-state index in [9.17, 15) is 32.1 Å². The lowest BCUT2D eigenvalue weighted by atomic mass is 9.93. The number of ether oxygens (including phenoxy) is 1. The molecular formula is C20H19NO11S2. The average Bonchev–Trinajstić information content (AvgIpc) is 3.32. The molecule has 0 saturated heterocycles. The lowest BCUT2D eigenvalue weighted by Gasteiger charge is -2.22. The minimum absolute atomic E-state index is 0.00823. The fourth-order valence-corrected chi connectivity index (χ4v) is 6.00. The molecule has 0 radical (unpaired) electrons. The van der Waals surface area contributed by atoms with Crippen molar-refractivity contribution in [1.29, 1.82) is 0 Å². The van der Waals surface area contributed by atoms with E-state index in [0.717, 1.165) is 0 Å². The van der Waals surface area contributed by atoms with Gasteiger partial charge in [-0.1, -0.05) is 0 Å². The van der Waals surface area contributed by atoms with Gasteiger partial charge in [0, 0.05) is 41.8 Å². The van der Waals surface area contributed by atoms with Crippen molar-refractivity contribution in [2.45, 2.75) is 54.3 Å². The zero-order valence-corrected chi connectivity index (χ0v) is 19.0. The van der Waals surface area contributed by atoms with Crippen molar-refractivity contribution >= 4 is 56.4 Å². The smallest absolute Gasteiger partial charge is 0.339 e. The van der Waals surface area contributed by atoms with Gasteiger partial charge in [0.05, 0.1) is 17.4 Å². The summed E-state index contributed by atoms with van der Waals surface area (Å²) in [4.78, 5) is 48.0. The van der Waals surface area contributed by atoms with Crippen molar-refractivity contribution in [2.24, 2.45) is 0 Å².